The highest BCUT2D eigenvalue weighted by atomic mass is 16.7. The van der Waals surface area contributed by atoms with Crippen LogP contribution in [0, 0.1) is 0 Å². The van der Waals surface area contributed by atoms with E-state index >= 15 is 0 Å². The van der Waals surface area contributed by atoms with Gasteiger partial charge in [0.1, 0.15) is 0 Å². The normalized spacial score (nSPS) is 10.7. The van der Waals surface area contributed by atoms with Gasteiger partial charge in [0.2, 0.25) is 0 Å². The van der Waals surface area contributed by atoms with Crippen LogP contribution in [0.5, 0.6) is 11.5 Å². The first-order valence-electron chi connectivity index (χ1n) is 9.40. The third kappa shape index (κ3) is 4.18. The molecule has 0 saturated heterocycles. The van der Waals surface area contributed by atoms with Gasteiger partial charge in [-0.1, -0.05) is 70.4 Å². The van der Waals surface area contributed by atoms with Crippen molar-refractivity contribution in [2.24, 2.45) is 0 Å². The summed E-state index contributed by atoms with van der Waals surface area (Å²) >= 11 is 0. The maximum Gasteiger partial charge on any atom is 0.511 e. The van der Waals surface area contributed by atoms with Crippen molar-refractivity contribution in [2.45, 2.75) is 59.3 Å². The van der Waals surface area contributed by atoms with Crippen LogP contribution in [0.25, 0.3) is 11.1 Å². The number of hydrogen-bond acceptors (Lipinski definition) is 3. The molecule has 140 valence electrons. The molecule has 2 rings (SSSR count). The summed E-state index contributed by atoms with van der Waals surface area (Å²) in [6.45, 7) is 6.27. The number of ether oxygens (including phenoxy) is 1. The molecule has 0 amide bonds. The highest BCUT2D eigenvalue weighted by Gasteiger charge is 2.25. The molecule has 0 aliphatic rings. The number of rotatable bonds is 8. The third-order valence-electron chi connectivity index (χ3n) is 4.51. The second-order valence-electron chi connectivity index (χ2n) is 6.47. The molecule has 0 aliphatic heterocycles. The largest absolute Gasteiger partial charge is 0.511 e. The van der Waals surface area contributed by atoms with Gasteiger partial charge in [-0.3, -0.25) is 0 Å². The first-order valence-corrected chi connectivity index (χ1v) is 9.40. The fraction of sp³-hybridized carbons (Fsp3) is 0.409. The fourth-order valence-corrected chi connectivity index (χ4v) is 3.57. The molecule has 4 nitrogen and oxygen atoms in total. The van der Waals surface area contributed by atoms with Crippen LogP contribution in [0.2, 0.25) is 0 Å². The van der Waals surface area contributed by atoms with Gasteiger partial charge in [-0.05, 0) is 36.0 Å². The number of aromatic hydroxyl groups is 1. The molecule has 0 heterocycles. The summed E-state index contributed by atoms with van der Waals surface area (Å²) in [6, 6.07) is 9.64. The van der Waals surface area contributed by atoms with E-state index in [1.165, 1.54) is 0 Å². The Morgan fingerprint density at radius 1 is 0.885 bits per heavy atom. The van der Waals surface area contributed by atoms with Crippen molar-refractivity contribution in [3.8, 4) is 22.6 Å². The maximum atomic E-state index is 11.3. The van der Waals surface area contributed by atoms with Crippen molar-refractivity contribution in [3.05, 3.63) is 47.0 Å². The van der Waals surface area contributed by atoms with Crippen molar-refractivity contribution < 1.29 is 19.7 Å². The Bertz CT molecular complexity index is 751. The van der Waals surface area contributed by atoms with Gasteiger partial charge in [-0.2, -0.15) is 0 Å². The van der Waals surface area contributed by atoms with Gasteiger partial charge in [-0.15, -0.1) is 0 Å². The minimum absolute atomic E-state index is 0.0645. The minimum atomic E-state index is -1.40. The molecule has 2 N–H and O–H groups in total. The molecule has 0 atom stereocenters. The van der Waals surface area contributed by atoms with Gasteiger partial charge in [0.15, 0.2) is 11.5 Å². The van der Waals surface area contributed by atoms with Gasteiger partial charge in [-0.25, -0.2) is 4.79 Å². The summed E-state index contributed by atoms with van der Waals surface area (Å²) < 4.78 is 5.08. The molecule has 0 radical (unpaired) electrons. The highest BCUT2D eigenvalue weighted by Crippen LogP contribution is 2.46. The number of carboxylic acid groups (broad SMARTS) is 1. The molecule has 0 bridgehead atoms. The van der Waals surface area contributed by atoms with Crippen molar-refractivity contribution >= 4 is 6.16 Å². The first kappa shape index (κ1) is 19.8. The lowest BCUT2D eigenvalue weighted by atomic mass is 9.85. The SMILES string of the molecule is CCCc1c(CCC)c(OC(=O)O)c(O)c(-c2ccccc2)c1CCC. The molecule has 2 aromatic carbocycles. The Labute approximate surface area is 155 Å². The Morgan fingerprint density at radius 2 is 1.42 bits per heavy atom. The van der Waals surface area contributed by atoms with Gasteiger partial charge >= 0.3 is 6.16 Å². The number of benzene rings is 2. The molecule has 0 unspecified atom stereocenters. The summed E-state index contributed by atoms with van der Waals surface area (Å²) in [5.74, 6) is 0.0341. The molecule has 26 heavy (non-hydrogen) atoms. The highest BCUT2D eigenvalue weighted by molar-refractivity contribution is 5.81. The van der Waals surface area contributed by atoms with E-state index in [4.69, 9.17) is 4.74 Å². The van der Waals surface area contributed by atoms with Crippen molar-refractivity contribution in [1.82, 2.24) is 0 Å². The summed E-state index contributed by atoms with van der Waals surface area (Å²) in [4.78, 5) is 11.3. The Kier molecular flexibility index (Phi) is 7.07. The van der Waals surface area contributed by atoms with Crippen LogP contribution in [0.4, 0.5) is 4.79 Å². The van der Waals surface area contributed by atoms with Crippen LogP contribution in [0.15, 0.2) is 30.3 Å². The van der Waals surface area contributed by atoms with Crippen LogP contribution in [-0.2, 0) is 19.3 Å². The van der Waals surface area contributed by atoms with E-state index in [1.54, 1.807) is 0 Å². The van der Waals surface area contributed by atoms with Crippen LogP contribution in [0.3, 0.4) is 0 Å². The van der Waals surface area contributed by atoms with Crippen LogP contribution < -0.4 is 4.74 Å². The van der Waals surface area contributed by atoms with E-state index in [2.05, 4.69) is 13.8 Å². The Morgan fingerprint density at radius 3 is 1.96 bits per heavy atom. The lowest BCUT2D eigenvalue weighted by Crippen LogP contribution is -2.11. The van der Waals surface area contributed by atoms with Crippen LogP contribution >= 0.6 is 0 Å². The van der Waals surface area contributed by atoms with Crippen LogP contribution in [0.1, 0.15) is 56.7 Å². The van der Waals surface area contributed by atoms with E-state index in [9.17, 15) is 15.0 Å². The average Bonchev–Trinajstić information content (AvgIpc) is 2.62. The Hall–Kier alpha value is -2.49. The van der Waals surface area contributed by atoms with Gasteiger partial charge in [0.25, 0.3) is 0 Å². The maximum absolute atomic E-state index is 11.3. The topological polar surface area (TPSA) is 66.8 Å². The number of hydrogen-bond donors (Lipinski definition) is 2. The molecule has 0 saturated carbocycles. The van der Waals surface area contributed by atoms with Crippen molar-refractivity contribution in [1.29, 1.82) is 0 Å². The van der Waals surface area contributed by atoms with Crippen LogP contribution in [-0.4, -0.2) is 16.4 Å². The summed E-state index contributed by atoms with van der Waals surface area (Å²) in [7, 11) is 0. The summed E-state index contributed by atoms with van der Waals surface area (Å²) in [6.07, 6.45) is 3.68. The van der Waals surface area contributed by atoms with Gasteiger partial charge < -0.3 is 14.9 Å². The summed E-state index contributed by atoms with van der Waals surface area (Å²) in [5.41, 5.74) is 4.65. The zero-order valence-electron chi connectivity index (χ0n) is 15.8. The van der Waals surface area contributed by atoms with Gasteiger partial charge in [0, 0.05) is 11.1 Å². The molecule has 2 aromatic rings. The zero-order chi connectivity index (χ0) is 19.1. The van der Waals surface area contributed by atoms with E-state index in [1.807, 2.05) is 37.3 Å². The lowest BCUT2D eigenvalue weighted by Gasteiger charge is -2.23. The quantitative estimate of drug-likeness (QED) is 0.451. The van der Waals surface area contributed by atoms with E-state index < -0.39 is 6.16 Å². The van der Waals surface area contributed by atoms with E-state index in [0.29, 0.717) is 12.0 Å². The predicted molar refractivity (Wildman–Crippen MR) is 104 cm³/mol. The fourth-order valence-electron chi connectivity index (χ4n) is 3.57. The van der Waals surface area contributed by atoms with Crippen molar-refractivity contribution in [3.63, 3.8) is 0 Å². The monoisotopic (exact) mass is 356 g/mol. The van der Waals surface area contributed by atoms with E-state index in [-0.39, 0.29) is 11.5 Å². The second-order valence-corrected chi connectivity index (χ2v) is 6.47. The lowest BCUT2D eigenvalue weighted by molar-refractivity contribution is 0.142. The molecule has 4 heteroatoms. The molecule has 0 aromatic heterocycles. The summed E-state index contributed by atoms with van der Waals surface area (Å²) in [5, 5.41) is 20.2. The van der Waals surface area contributed by atoms with E-state index in [0.717, 1.165) is 54.4 Å². The zero-order valence-corrected chi connectivity index (χ0v) is 15.8. The number of phenols is 1. The molecular weight excluding hydrogens is 328 g/mol. The second kappa shape index (κ2) is 9.27. The average molecular weight is 356 g/mol. The smallest absolute Gasteiger partial charge is 0.504 e. The number of carbonyl (C=O) groups is 1. The predicted octanol–water partition coefficient (Wildman–Crippen LogP) is 5.97. The molecular formula is C22H28O4. The molecule has 0 spiro atoms. The van der Waals surface area contributed by atoms with Gasteiger partial charge in [0.05, 0.1) is 0 Å². The molecule has 0 aliphatic carbocycles. The molecule has 0 fully saturated rings. The third-order valence-corrected chi connectivity index (χ3v) is 4.51. The first-order chi connectivity index (χ1) is 12.5. The Balaban J connectivity index is 2.88. The number of phenolic OH excluding ortho intramolecular Hbond substituents is 1. The minimum Gasteiger partial charge on any atom is -0.504 e. The standard InChI is InChI=1S/C22H28O4/c1-4-10-16-17(11-5-2)19(15-13-8-7-9-14-15)20(23)21(26-22(24)25)18(16)12-6-3/h7-9,13-14,23H,4-6,10-12H2,1-3H3,(H,24,25). The van der Waals surface area contributed by atoms with Crippen molar-refractivity contribution in [2.75, 3.05) is 0 Å².